The first-order chi connectivity index (χ1) is 16.8. The highest BCUT2D eigenvalue weighted by atomic mass is 32.2. The van der Waals surface area contributed by atoms with Crippen molar-refractivity contribution in [2.45, 2.75) is 18.6 Å². The fourth-order valence-corrected chi connectivity index (χ4v) is 5.08. The topological polar surface area (TPSA) is 56.0 Å². The first kappa shape index (κ1) is 24.5. The van der Waals surface area contributed by atoms with Gasteiger partial charge in [0.05, 0.1) is 16.6 Å². The second kappa shape index (κ2) is 10.7. The Balaban J connectivity index is 1.46. The molecule has 1 N–H and O–H groups in total. The Morgan fingerprint density at radius 1 is 0.914 bits per heavy atom. The summed E-state index contributed by atoms with van der Waals surface area (Å²) in [5.74, 6) is -0.504. The number of carbonyl (C=O) groups excluding carboxylic acids is 1. The number of carbonyl (C=O) groups is 1. The van der Waals surface area contributed by atoms with Gasteiger partial charge in [0, 0.05) is 19.2 Å². The van der Waals surface area contributed by atoms with Gasteiger partial charge in [-0.15, -0.1) is 11.8 Å². The summed E-state index contributed by atoms with van der Waals surface area (Å²) < 4.78 is 30.1. The molecule has 180 valence electrons. The van der Waals surface area contributed by atoms with Crippen molar-refractivity contribution in [1.82, 2.24) is 9.36 Å². The Bertz CT molecular complexity index is 1320. The molecule has 0 aliphatic carbocycles. The van der Waals surface area contributed by atoms with E-state index in [1.54, 1.807) is 42.9 Å². The SMILES string of the molecule is Cc1c(NC(=O)CCSC(c2ccc(F)cc2)c2ccc(F)cc2)c(=O)n(-c2ccccc2)n1C. The molecule has 3 aromatic carbocycles. The number of thioether (sulfide) groups is 1. The minimum Gasteiger partial charge on any atom is -0.320 e. The van der Waals surface area contributed by atoms with E-state index < -0.39 is 0 Å². The normalized spacial score (nSPS) is 11.1. The number of benzene rings is 3. The van der Waals surface area contributed by atoms with Gasteiger partial charge >= 0.3 is 0 Å². The Labute approximate surface area is 206 Å². The number of anilines is 1. The van der Waals surface area contributed by atoms with Crippen LogP contribution in [0.5, 0.6) is 0 Å². The first-order valence-corrected chi connectivity index (χ1v) is 12.2. The van der Waals surface area contributed by atoms with Crippen molar-refractivity contribution in [3.63, 3.8) is 0 Å². The van der Waals surface area contributed by atoms with Gasteiger partial charge in [0.2, 0.25) is 5.91 Å². The number of rotatable bonds is 8. The number of hydrogen-bond donors (Lipinski definition) is 1. The molecule has 5 nitrogen and oxygen atoms in total. The predicted molar refractivity (Wildman–Crippen MR) is 136 cm³/mol. The highest BCUT2D eigenvalue weighted by Gasteiger charge is 2.19. The summed E-state index contributed by atoms with van der Waals surface area (Å²) in [5.41, 5.74) is 3.02. The van der Waals surface area contributed by atoms with Crippen molar-refractivity contribution in [3.05, 3.63) is 118 Å². The fourth-order valence-electron chi connectivity index (χ4n) is 3.84. The second-order valence-electron chi connectivity index (χ2n) is 8.09. The van der Waals surface area contributed by atoms with Crippen molar-refractivity contribution in [2.75, 3.05) is 11.1 Å². The van der Waals surface area contributed by atoms with Crippen LogP contribution in [0.1, 0.15) is 28.5 Å². The van der Waals surface area contributed by atoms with Crippen molar-refractivity contribution >= 4 is 23.4 Å². The molecular formula is C27H25F2N3O2S. The maximum atomic E-state index is 13.4. The highest BCUT2D eigenvalue weighted by molar-refractivity contribution is 7.99. The van der Waals surface area contributed by atoms with Crippen LogP contribution in [0.25, 0.3) is 5.69 Å². The number of halogens is 2. The maximum absolute atomic E-state index is 13.4. The van der Waals surface area contributed by atoms with Crippen LogP contribution in [0.3, 0.4) is 0 Å². The molecule has 0 aliphatic rings. The minimum absolute atomic E-state index is 0.169. The zero-order valence-corrected chi connectivity index (χ0v) is 20.2. The summed E-state index contributed by atoms with van der Waals surface area (Å²) >= 11 is 1.50. The molecule has 0 saturated carbocycles. The highest BCUT2D eigenvalue weighted by Crippen LogP contribution is 2.36. The van der Waals surface area contributed by atoms with Gasteiger partial charge in [-0.05, 0) is 54.4 Å². The van der Waals surface area contributed by atoms with E-state index in [1.165, 1.54) is 40.7 Å². The van der Waals surface area contributed by atoms with Gasteiger partial charge in [-0.1, -0.05) is 42.5 Å². The second-order valence-corrected chi connectivity index (χ2v) is 9.30. The average molecular weight is 494 g/mol. The molecule has 1 amide bonds. The molecule has 0 spiro atoms. The van der Waals surface area contributed by atoms with E-state index in [0.717, 1.165) is 11.1 Å². The summed E-state index contributed by atoms with van der Waals surface area (Å²) in [4.78, 5) is 25.8. The lowest BCUT2D eigenvalue weighted by Gasteiger charge is -2.18. The van der Waals surface area contributed by atoms with Crippen LogP contribution >= 0.6 is 11.8 Å². The predicted octanol–water partition coefficient (Wildman–Crippen LogP) is 5.61. The molecule has 1 aromatic heterocycles. The van der Waals surface area contributed by atoms with Crippen molar-refractivity contribution in [2.24, 2.45) is 7.05 Å². The number of hydrogen-bond acceptors (Lipinski definition) is 3. The zero-order chi connectivity index (χ0) is 24.9. The van der Waals surface area contributed by atoms with E-state index in [9.17, 15) is 18.4 Å². The molecule has 0 fully saturated rings. The summed E-state index contributed by atoms with van der Waals surface area (Å²) in [6, 6.07) is 21.5. The van der Waals surface area contributed by atoms with E-state index in [2.05, 4.69) is 5.32 Å². The lowest BCUT2D eigenvalue weighted by atomic mass is 10.0. The summed E-state index contributed by atoms with van der Waals surface area (Å²) in [6.07, 6.45) is 0.169. The van der Waals surface area contributed by atoms with Gasteiger partial charge in [0.15, 0.2) is 0 Å². The molecule has 0 atom stereocenters. The monoisotopic (exact) mass is 493 g/mol. The first-order valence-electron chi connectivity index (χ1n) is 11.1. The number of aromatic nitrogens is 2. The van der Waals surface area contributed by atoms with Crippen LogP contribution in [0, 0.1) is 18.6 Å². The van der Waals surface area contributed by atoms with E-state index in [-0.39, 0.29) is 40.5 Å². The van der Waals surface area contributed by atoms with Crippen LogP contribution in [0.4, 0.5) is 14.5 Å². The van der Waals surface area contributed by atoms with Gasteiger partial charge < -0.3 is 5.32 Å². The summed E-state index contributed by atoms with van der Waals surface area (Å²) in [5, 5.41) is 2.58. The molecule has 0 saturated heterocycles. The minimum atomic E-state index is -0.338. The molecule has 0 radical (unpaired) electrons. The number of nitrogens with zero attached hydrogens (tertiary/aromatic N) is 2. The largest absolute Gasteiger partial charge is 0.320 e. The third-order valence-electron chi connectivity index (χ3n) is 5.78. The quantitative estimate of drug-likeness (QED) is 0.347. The lowest BCUT2D eigenvalue weighted by Crippen LogP contribution is -2.23. The van der Waals surface area contributed by atoms with E-state index >= 15 is 0 Å². The molecule has 0 unspecified atom stereocenters. The lowest BCUT2D eigenvalue weighted by molar-refractivity contribution is -0.115. The van der Waals surface area contributed by atoms with E-state index in [4.69, 9.17) is 0 Å². The smallest absolute Gasteiger partial charge is 0.295 e. The van der Waals surface area contributed by atoms with Gasteiger partial charge in [0.25, 0.3) is 5.56 Å². The standard InChI is InChI=1S/C27H25F2N3O2S/c1-18-25(27(34)32(31(18)2)23-6-4-3-5-7-23)30-24(33)16-17-35-26(19-8-12-21(28)13-9-19)20-10-14-22(29)15-11-20/h3-15,26H,16-17H2,1-2H3,(H,30,33). The molecule has 8 heteroatoms. The fraction of sp³-hybridized carbons (Fsp3) is 0.185. The molecule has 1 heterocycles. The Kier molecular flexibility index (Phi) is 7.51. The Morgan fingerprint density at radius 3 is 2.00 bits per heavy atom. The van der Waals surface area contributed by atoms with E-state index in [0.29, 0.717) is 17.1 Å². The Hall–Kier alpha value is -3.65. The molecule has 4 aromatic rings. The Morgan fingerprint density at radius 2 is 1.46 bits per heavy atom. The summed E-state index contributed by atoms with van der Waals surface area (Å²) in [6.45, 7) is 1.78. The number of amides is 1. The van der Waals surface area contributed by atoms with Crippen molar-refractivity contribution in [1.29, 1.82) is 0 Å². The maximum Gasteiger partial charge on any atom is 0.295 e. The van der Waals surface area contributed by atoms with Crippen molar-refractivity contribution in [3.8, 4) is 5.69 Å². The van der Waals surface area contributed by atoms with Gasteiger partial charge in [-0.2, -0.15) is 0 Å². The molecule has 0 bridgehead atoms. The molecular weight excluding hydrogens is 468 g/mol. The average Bonchev–Trinajstić information content (AvgIpc) is 3.07. The van der Waals surface area contributed by atoms with Gasteiger partial charge in [0.1, 0.15) is 17.3 Å². The molecule has 35 heavy (non-hydrogen) atoms. The number of nitrogens with one attached hydrogen (secondary N) is 1. The van der Waals surface area contributed by atoms with Crippen molar-refractivity contribution < 1.29 is 13.6 Å². The molecule has 4 rings (SSSR count). The van der Waals surface area contributed by atoms with Crippen LogP contribution < -0.4 is 10.9 Å². The van der Waals surface area contributed by atoms with Gasteiger partial charge in [-0.3, -0.25) is 14.3 Å². The zero-order valence-electron chi connectivity index (χ0n) is 19.4. The van der Waals surface area contributed by atoms with Crippen LogP contribution in [0.2, 0.25) is 0 Å². The number of para-hydroxylation sites is 1. The van der Waals surface area contributed by atoms with E-state index in [1.807, 2.05) is 30.3 Å². The third kappa shape index (κ3) is 5.54. The van der Waals surface area contributed by atoms with Crippen LogP contribution in [-0.4, -0.2) is 21.0 Å². The summed E-state index contributed by atoms with van der Waals surface area (Å²) in [7, 11) is 1.77. The van der Waals surface area contributed by atoms with Crippen LogP contribution in [-0.2, 0) is 11.8 Å². The van der Waals surface area contributed by atoms with Crippen LogP contribution in [0.15, 0.2) is 83.7 Å². The van der Waals surface area contributed by atoms with Gasteiger partial charge in [-0.25, -0.2) is 13.5 Å². The third-order valence-corrected chi connectivity index (χ3v) is 7.10. The molecule has 0 aliphatic heterocycles.